The van der Waals surface area contributed by atoms with Gasteiger partial charge in [-0.1, -0.05) is 58.5 Å². The second kappa shape index (κ2) is 8.98. The molecule has 0 spiro atoms. The van der Waals surface area contributed by atoms with Gasteiger partial charge in [0.25, 0.3) is 0 Å². The maximum Gasteiger partial charge on any atom is 0.136 e. The third-order valence-electron chi connectivity index (χ3n) is 3.41. The standard InChI is InChI=1S/C17H12Cl6O/c18-9-1-3-12(14(20)5-9)16(22)7-11(24)8-17(23)13-4-2-10(19)6-15(13)21/h1-6,16-17H,7-8H2. The van der Waals surface area contributed by atoms with E-state index in [1.807, 2.05) is 0 Å². The van der Waals surface area contributed by atoms with E-state index in [1.165, 1.54) is 0 Å². The minimum atomic E-state index is -0.549. The summed E-state index contributed by atoms with van der Waals surface area (Å²) in [5, 5.41) is 0.782. The van der Waals surface area contributed by atoms with Gasteiger partial charge in [0, 0.05) is 32.9 Å². The normalized spacial score (nSPS) is 13.6. The fourth-order valence-corrected chi connectivity index (χ4v) is 4.13. The molecule has 2 aromatic rings. The summed E-state index contributed by atoms with van der Waals surface area (Å²) >= 11 is 36.5. The first-order chi connectivity index (χ1) is 11.3. The highest BCUT2D eigenvalue weighted by atomic mass is 35.5. The van der Waals surface area contributed by atoms with Crippen molar-refractivity contribution >= 4 is 75.4 Å². The molecule has 128 valence electrons. The number of ketones is 1. The smallest absolute Gasteiger partial charge is 0.136 e. The fraction of sp³-hybridized carbons (Fsp3) is 0.235. The Balaban J connectivity index is 2.01. The summed E-state index contributed by atoms with van der Waals surface area (Å²) < 4.78 is 0. The zero-order valence-corrected chi connectivity index (χ0v) is 16.7. The summed E-state index contributed by atoms with van der Waals surface area (Å²) in [6.07, 6.45) is 0.217. The van der Waals surface area contributed by atoms with Gasteiger partial charge in [-0.2, -0.15) is 0 Å². The van der Waals surface area contributed by atoms with Gasteiger partial charge < -0.3 is 0 Å². The van der Waals surface area contributed by atoms with Crippen LogP contribution in [-0.2, 0) is 4.79 Å². The van der Waals surface area contributed by atoms with E-state index in [-0.39, 0.29) is 18.6 Å². The molecular formula is C17H12Cl6O. The Morgan fingerprint density at radius 1 is 0.750 bits per heavy atom. The molecule has 0 aromatic heterocycles. The minimum Gasteiger partial charge on any atom is -0.300 e. The zero-order valence-electron chi connectivity index (χ0n) is 12.2. The third kappa shape index (κ3) is 5.42. The first-order valence-electron chi connectivity index (χ1n) is 6.97. The molecule has 0 radical (unpaired) electrons. The predicted molar refractivity (Wildman–Crippen MR) is 104 cm³/mol. The number of hydrogen-bond donors (Lipinski definition) is 0. The lowest BCUT2D eigenvalue weighted by Gasteiger charge is -2.14. The van der Waals surface area contributed by atoms with Gasteiger partial charge in [0.1, 0.15) is 5.78 Å². The number of alkyl halides is 2. The molecule has 0 fully saturated rings. The first kappa shape index (κ1) is 20.2. The van der Waals surface area contributed by atoms with Crippen molar-refractivity contribution in [2.45, 2.75) is 23.6 Å². The summed E-state index contributed by atoms with van der Waals surface area (Å²) in [6.45, 7) is 0. The van der Waals surface area contributed by atoms with Gasteiger partial charge in [-0.05, 0) is 35.4 Å². The minimum absolute atomic E-state index is 0.0907. The topological polar surface area (TPSA) is 17.1 Å². The quantitative estimate of drug-likeness (QED) is 0.413. The number of hydrogen-bond acceptors (Lipinski definition) is 1. The van der Waals surface area contributed by atoms with Gasteiger partial charge in [0.15, 0.2) is 0 Å². The SMILES string of the molecule is O=C(CC(Cl)c1ccc(Cl)cc1Cl)CC(Cl)c1ccc(Cl)cc1Cl. The van der Waals surface area contributed by atoms with Crippen LogP contribution in [0.2, 0.25) is 20.1 Å². The molecule has 2 atom stereocenters. The van der Waals surface area contributed by atoms with Crippen molar-refractivity contribution in [2.24, 2.45) is 0 Å². The predicted octanol–water partition coefficient (Wildman–Crippen LogP) is 7.91. The van der Waals surface area contributed by atoms with Crippen LogP contribution in [0.1, 0.15) is 34.7 Å². The van der Waals surface area contributed by atoms with E-state index >= 15 is 0 Å². The number of carbonyl (C=O) groups is 1. The largest absolute Gasteiger partial charge is 0.300 e. The number of benzene rings is 2. The Morgan fingerprint density at radius 3 is 1.46 bits per heavy atom. The third-order valence-corrected chi connectivity index (χ3v) is 5.32. The molecule has 0 saturated heterocycles. The van der Waals surface area contributed by atoms with Crippen molar-refractivity contribution in [1.82, 2.24) is 0 Å². The summed E-state index contributed by atoms with van der Waals surface area (Å²) in [6, 6.07) is 9.97. The summed E-state index contributed by atoms with van der Waals surface area (Å²) in [5.41, 5.74) is 1.32. The molecule has 0 aliphatic rings. The fourth-order valence-electron chi connectivity index (χ4n) is 2.21. The lowest BCUT2D eigenvalue weighted by atomic mass is 10.0. The van der Waals surface area contributed by atoms with Crippen LogP contribution in [0.4, 0.5) is 0 Å². The molecule has 2 rings (SSSR count). The molecule has 2 aromatic carbocycles. The van der Waals surface area contributed by atoms with E-state index in [2.05, 4.69) is 0 Å². The second-order valence-corrected chi connectivity index (χ2v) is 7.95. The molecule has 24 heavy (non-hydrogen) atoms. The number of carbonyl (C=O) groups excluding carboxylic acids is 1. The van der Waals surface area contributed by atoms with Crippen molar-refractivity contribution in [2.75, 3.05) is 0 Å². The molecule has 0 aliphatic carbocycles. The van der Waals surface area contributed by atoms with Gasteiger partial charge in [-0.3, -0.25) is 4.79 Å². The van der Waals surface area contributed by atoms with Crippen LogP contribution in [0, 0.1) is 0 Å². The molecule has 0 N–H and O–H groups in total. The van der Waals surface area contributed by atoms with Crippen molar-refractivity contribution in [1.29, 1.82) is 0 Å². The Hall–Kier alpha value is -0.150. The Morgan fingerprint density at radius 2 is 1.12 bits per heavy atom. The van der Waals surface area contributed by atoms with Gasteiger partial charge >= 0.3 is 0 Å². The molecule has 7 heteroatoms. The molecule has 0 heterocycles. The van der Waals surface area contributed by atoms with Gasteiger partial charge in [0.05, 0.1) is 10.8 Å². The number of rotatable bonds is 6. The van der Waals surface area contributed by atoms with Crippen LogP contribution < -0.4 is 0 Å². The molecule has 0 bridgehead atoms. The Labute approximate surface area is 170 Å². The lowest BCUT2D eigenvalue weighted by Crippen LogP contribution is -2.07. The summed E-state index contributed by atoms with van der Waals surface area (Å²) in [7, 11) is 0. The van der Waals surface area contributed by atoms with Crippen LogP contribution >= 0.6 is 69.6 Å². The average molecular weight is 445 g/mol. The van der Waals surface area contributed by atoms with E-state index in [0.29, 0.717) is 31.2 Å². The van der Waals surface area contributed by atoms with E-state index in [1.54, 1.807) is 36.4 Å². The Bertz CT molecular complexity index is 684. The van der Waals surface area contributed by atoms with Crippen LogP contribution in [0.3, 0.4) is 0 Å². The molecule has 2 unspecified atom stereocenters. The maximum absolute atomic E-state index is 12.3. The maximum atomic E-state index is 12.3. The highest BCUT2D eigenvalue weighted by Crippen LogP contribution is 2.36. The summed E-state index contributed by atoms with van der Waals surface area (Å²) in [4.78, 5) is 12.3. The van der Waals surface area contributed by atoms with Gasteiger partial charge in [-0.25, -0.2) is 0 Å². The van der Waals surface area contributed by atoms with Crippen LogP contribution in [0.5, 0.6) is 0 Å². The van der Waals surface area contributed by atoms with Crippen molar-refractivity contribution < 1.29 is 4.79 Å². The molecule has 0 aliphatic heterocycles. The van der Waals surface area contributed by atoms with Crippen LogP contribution in [-0.4, -0.2) is 5.78 Å². The highest BCUT2D eigenvalue weighted by molar-refractivity contribution is 6.36. The van der Waals surface area contributed by atoms with Gasteiger partial charge in [0.2, 0.25) is 0 Å². The molecule has 0 saturated carbocycles. The second-order valence-electron chi connectivity index (χ2n) is 5.21. The van der Waals surface area contributed by atoms with E-state index in [4.69, 9.17) is 69.6 Å². The molecular weight excluding hydrogens is 433 g/mol. The zero-order chi connectivity index (χ0) is 17.9. The van der Waals surface area contributed by atoms with Crippen molar-refractivity contribution in [3.05, 3.63) is 67.6 Å². The molecule has 0 amide bonds. The van der Waals surface area contributed by atoms with Crippen molar-refractivity contribution in [3.63, 3.8) is 0 Å². The highest BCUT2D eigenvalue weighted by Gasteiger charge is 2.21. The van der Waals surface area contributed by atoms with E-state index in [9.17, 15) is 4.79 Å². The van der Waals surface area contributed by atoms with Crippen LogP contribution in [0.15, 0.2) is 36.4 Å². The van der Waals surface area contributed by atoms with Crippen LogP contribution in [0.25, 0.3) is 0 Å². The van der Waals surface area contributed by atoms with Gasteiger partial charge in [-0.15, -0.1) is 23.2 Å². The summed E-state index contributed by atoms with van der Waals surface area (Å²) in [5.74, 6) is -0.0907. The first-order valence-corrected chi connectivity index (χ1v) is 9.36. The van der Waals surface area contributed by atoms with E-state index in [0.717, 1.165) is 0 Å². The number of Topliss-reactive ketones (excluding diaryl/α,β-unsaturated/α-hetero) is 1. The lowest BCUT2D eigenvalue weighted by molar-refractivity contribution is -0.119. The monoisotopic (exact) mass is 442 g/mol. The average Bonchev–Trinajstić information content (AvgIpc) is 2.46. The molecule has 1 nitrogen and oxygen atoms in total. The van der Waals surface area contributed by atoms with Crippen molar-refractivity contribution in [3.8, 4) is 0 Å². The Kier molecular flexibility index (Phi) is 7.55. The number of halogens is 6. The van der Waals surface area contributed by atoms with E-state index < -0.39 is 10.8 Å².